The van der Waals surface area contributed by atoms with Crippen LogP contribution in [-0.4, -0.2) is 36.6 Å². The van der Waals surface area contributed by atoms with Gasteiger partial charge in [0.25, 0.3) is 10.0 Å². The molecule has 1 unspecified atom stereocenters. The Balaban J connectivity index is 2.84. The highest BCUT2D eigenvalue weighted by Crippen LogP contribution is 2.26. The predicted molar refractivity (Wildman–Crippen MR) is 70.6 cm³/mol. The van der Waals surface area contributed by atoms with Gasteiger partial charge in [0.15, 0.2) is 0 Å². The summed E-state index contributed by atoms with van der Waals surface area (Å²) >= 11 is 4.03. The molecule has 1 atom stereocenters. The fraction of sp³-hybridized carbons (Fsp3) is 0.333. The zero-order valence-corrected chi connectivity index (χ0v) is 12.6. The maximum absolute atomic E-state index is 11.9. The minimum Gasteiger partial charge on any atom is -0.481 e. The standard InChI is InChI=1S/C9H10BrNO6S2/c10-6-2-4-8(18-6)19(16,17)11-5(9(14)15)1-3-7(12)13/h2,4-5,11H,1,3H2,(H,12,13)(H,14,15). The van der Waals surface area contributed by atoms with E-state index >= 15 is 0 Å². The van der Waals surface area contributed by atoms with Crippen LogP contribution in [0.2, 0.25) is 0 Å². The lowest BCUT2D eigenvalue weighted by Crippen LogP contribution is -2.40. The normalized spacial score (nSPS) is 13.1. The Morgan fingerprint density at radius 1 is 1.37 bits per heavy atom. The lowest BCUT2D eigenvalue weighted by Gasteiger charge is -2.12. The molecule has 0 aliphatic heterocycles. The van der Waals surface area contributed by atoms with Gasteiger partial charge >= 0.3 is 11.9 Å². The van der Waals surface area contributed by atoms with E-state index in [-0.39, 0.29) is 10.6 Å². The van der Waals surface area contributed by atoms with Crippen LogP contribution in [-0.2, 0) is 19.6 Å². The second kappa shape index (κ2) is 6.46. The van der Waals surface area contributed by atoms with Crippen molar-refractivity contribution in [2.24, 2.45) is 0 Å². The summed E-state index contributed by atoms with van der Waals surface area (Å²) in [5, 5.41) is 17.4. The van der Waals surface area contributed by atoms with Gasteiger partial charge in [-0.15, -0.1) is 11.3 Å². The molecule has 0 saturated heterocycles. The number of carboxylic acids is 2. The van der Waals surface area contributed by atoms with Crippen LogP contribution in [0.25, 0.3) is 0 Å². The van der Waals surface area contributed by atoms with E-state index in [1.165, 1.54) is 12.1 Å². The highest BCUT2D eigenvalue weighted by atomic mass is 79.9. The molecule has 0 spiro atoms. The van der Waals surface area contributed by atoms with Crippen LogP contribution in [0.1, 0.15) is 12.8 Å². The number of hydrogen-bond acceptors (Lipinski definition) is 5. The Bertz CT molecular complexity index is 581. The van der Waals surface area contributed by atoms with E-state index in [1.54, 1.807) is 0 Å². The van der Waals surface area contributed by atoms with Gasteiger partial charge < -0.3 is 10.2 Å². The minimum atomic E-state index is -3.97. The molecule has 0 amide bonds. The van der Waals surface area contributed by atoms with E-state index in [2.05, 4.69) is 15.9 Å². The van der Waals surface area contributed by atoms with E-state index < -0.39 is 34.4 Å². The van der Waals surface area contributed by atoms with Crippen LogP contribution >= 0.6 is 27.3 Å². The van der Waals surface area contributed by atoms with Crippen molar-refractivity contribution >= 4 is 49.2 Å². The largest absolute Gasteiger partial charge is 0.481 e. The Labute approximate surface area is 121 Å². The number of nitrogens with one attached hydrogen (secondary N) is 1. The molecule has 0 aliphatic rings. The number of hydrogen-bond donors (Lipinski definition) is 3. The summed E-state index contributed by atoms with van der Waals surface area (Å²) in [5.41, 5.74) is 0. The van der Waals surface area contributed by atoms with E-state index in [0.29, 0.717) is 3.79 Å². The third-order valence-corrected chi connectivity index (χ3v) is 5.64. The Kier molecular flexibility index (Phi) is 5.47. The molecule has 1 aromatic rings. The van der Waals surface area contributed by atoms with Gasteiger partial charge in [0.1, 0.15) is 10.3 Å². The lowest BCUT2D eigenvalue weighted by molar-refractivity contribution is -0.140. The molecular weight excluding hydrogens is 362 g/mol. The van der Waals surface area contributed by atoms with Crippen molar-refractivity contribution in [1.29, 1.82) is 0 Å². The van der Waals surface area contributed by atoms with Gasteiger partial charge in [0.2, 0.25) is 0 Å². The molecule has 0 aliphatic carbocycles. The summed E-state index contributed by atoms with van der Waals surface area (Å²) in [5.74, 6) is -2.61. The molecule has 0 radical (unpaired) electrons. The second-order valence-corrected chi connectivity index (χ2v) is 7.91. The van der Waals surface area contributed by atoms with Crippen LogP contribution in [0.3, 0.4) is 0 Å². The maximum atomic E-state index is 11.9. The topological polar surface area (TPSA) is 121 Å². The van der Waals surface area contributed by atoms with Crippen LogP contribution in [0, 0.1) is 0 Å². The number of carbonyl (C=O) groups is 2. The first-order chi connectivity index (χ1) is 8.72. The SMILES string of the molecule is O=C(O)CCC(NS(=O)(=O)c1ccc(Br)s1)C(=O)O. The zero-order chi connectivity index (χ0) is 14.6. The molecule has 106 valence electrons. The third kappa shape index (κ3) is 4.90. The van der Waals surface area contributed by atoms with E-state index in [4.69, 9.17) is 10.2 Å². The molecule has 0 aromatic carbocycles. The van der Waals surface area contributed by atoms with E-state index in [1.807, 2.05) is 4.72 Å². The first-order valence-electron chi connectivity index (χ1n) is 4.94. The van der Waals surface area contributed by atoms with Gasteiger partial charge in [-0.2, -0.15) is 4.72 Å². The van der Waals surface area contributed by atoms with Crippen LogP contribution < -0.4 is 4.72 Å². The van der Waals surface area contributed by atoms with Gasteiger partial charge in [0.05, 0.1) is 3.79 Å². The molecule has 3 N–H and O–H groups in total. The average molecular weight is 372 g/mol. The maximum Gasteiger partial charge on any atom is 0.321 e. The van der Waals surface area contributed by atoms with E-state index in [9.17, 15) is 18.0 Å². The van der Waals surface area contributed by atoms with Crippen molar-refractivity contribution in [3.63, 3.8) is 0 Å². The average Bonchev–Trinajstić information content (AvgIpc) is 2.71. The van der Waals surface area contributed by atoms with Crippen LogP contribution in [0.5, 0.6) is 0 Å². The van der Waals surface area contributed by atoms with Gasteiger partial charge in [-0.05, 0) is 34.5 Å². The zero-order valence-electron chi connectivity index (χ0n) is 9.37. The van der Waals surface area contributed by atoms with Crippen LogP contribution in [0.15, 0.2) is 20.1 Å². The van der Waals surface area contributed by atoms with Crippen molar-refractivity contribution < 1.29 is 28.2 Å². The molecule has 1 aromatic heterocycles. The highest BCUT2D eigenvalue weighted by Gasteiger charge is 2.26. The molecule has 10 heteroatoms. The smallest absolute Gasteiger partial charge is 0.321 e. The van der Waals surface area contributed by atoms with Gasteiger partial charge in [-0.1, -0.05) is 0 Å². The molecule has 7 nitrogen and oxygen atoms in total. The molecule has 19 heavy (non-hydrogen) atoms. The van der Waals surface area contributed by atoms with Crippen molar-refractivity contribution in [2.45, 2.75) is 23.1 Å². The first kappa shape index (κ1) is 16.1. The monoisotopic (exact) mass is 371 g/mol. The summed E-state index contributed by atoms with van der Waals surface area (Å²) in [6.07, 6.45) is -0.760. The minimum absolute atomic E-state index is 0.0408. The highest BCUT2D eigenvalue weighted by molar-refractivity contribution is 9.11. The Hall–Kier alpha value is -0.970. The predicted octanol–water partition coefficient (Wildman–Crippen LogP) is 1.11. The summed E-state index contributed by atoms with van der Waals surface area (Å²) in [6.45, 7) is 0. The van der Waals surface area contributed by atoms with Gasteiger partial charge in [-0.25, -0.2) is 8.42 Å². The summed E-state index contributed by atoms with van der Waals surface area (Å²) in [6, 6.07) is 1.38. The quantitative estimate of drug-likeness (QED) is 0.659. The summed E-state index contributed by atoms with van der Waals surface area (Å²) in [7, 11) is -3.97. The third-order valence-electron chi connectivity index (χ3n) is 2.06. The van der Waals surface area contributed by atoms with Gasteiger partial charge in [-0.3, -0.25) is 9.59 Å². The molecule has 0 fully saturated rings. The van der Waals surface area contributed by atoms with E-state index in [0.717, 1.165) is 11.3 Å². The number of carboxylic acid groups (broad SMARTS) is 2. The molecule has 0 saturated carbocycles. The fourth-order valence-electron chi connectivity index (χ4n) is 1.19. The number of halogens is 1. The summed E-state index contributed by atoms with van der Waals surface area (Å²) in [4.78, 5) is 21.3. The molecule has 1 rings (SSSR count). The van der Waals surface area contributed by atoms with Crippen molar-refractivity contribution in [2.75, 3.05) is 0 Å². The molecular formula is C9H10BrNO6S2. The van der Waals surface area contributed by atoms with Crippen molar-refractivity contribution in [3.8, 4) is 0 Å². The number of rotatable bonds is 7. The van der Waals surface area contributed by atoms with Crippen molar-refractivity contribution in [3.05, 3.63) is 15.9 Å². The number of sulfonamides is 1. The first-order valence-corrected chi connectivity index (χ1v) is 8.04. The van der Waals surface area contributed by atoms with Crippen molar-refractivity contribution in [1.82, 2.24) is 4.72 Å². The second-order valence-electron chi connectivity index (χ2n) is 3.50. The Morgan fingerprint density at radius 2 is 2.00 bits per heavy atom. The lowest BCUT2D eigenvalue weighted by atomic mass is 10.2. The molecule has 0 bridgehead atoms. The Morgan fingerprint density at radius 3 is 2.42 bits per heavy atom. The van der Waals surface area contributed by atoms with Gasteiger partial charge in [0, 0.05) is 6.42 Å². The number of thiophene rings is 1. The summed E-state index contributed by atoms with van der Waals surface area (Å²) < 4.78 is 26.3. The fourth-order valence-corrected chi connectivity index (χ4v) is 4.44. The molecule has 1 heterocycles. The van der Waals surface area contributed by atoms with Crippen LogP contribution in [0.4, 0.5) is 0 Å². The number of aliphatic carboxylic acids is 2.